The summed E-state index contributed by atoms with van der Waals surface area (Å²) < 4.78 is 10.7. The van der Waals surface area contributed by atoms with E-state index in [1.54, 1.807) is 25.1 Å². The predicted molar refractivity (Wildman–Crippen MR) is 81.7 cm³/mol. The van der Waals surface area contributed by atoms with Crippen LogP contribution < -0.4 is 4.74 Å². The molecule has 0 heterocycles. The molecule has 0 bridgehead atoms. The highest BCUT2D eigenvalue weighted by Crippen LogP contribution is 2.29. The summed E-state index contributed by atoms with van der Waals surface area (Å²) >= 11 is 11.9. The molecule has 1 aromatic carbocycles. The minimum Gasteiger partial charge on any atom is -0.477 e. The maximum Gasteiger partial charge on any atom is 0.347 e. The van der Waals surface area contributed by atoms with Gasteiger partial charge in [0.2, 0.25) is 0 Å². The minimum absolute atomic E-state index is 0.334. The zero-order valence-electron chi connectivity index (χ0n) is 11.8. The van der Waals surface area contributed by atoms with Gasteiger partial charge >= 0.3 is 5.97 Å². The lowest BCUT2D eigenvalue weighted by Crippen LogP contribution is -2.29. The van der Waals surface area contributed by atoms with Crippen LogP contribution in [0.3, 0.4) is 0 Å². The lowest BCUT2D eigenvalue weighted by molar-refractivity contribution is -0.151. The summed E-state index contributed by atoms with van der Waals surface area (Å²) in [5.74, 6) is 0.0974. The molecular formula is C15H20Cl2O3. The molecule has 0 saturated carbocycles. The standard InChI is InChI=1S/C15H20Cl2O3/c1-3-5-6-7-14(15(18)19-4-2)20-13-9-8-11(16)10-12(13)17/h8-10,14H,3-7H2,1-2H3. The molecule has 0 aliphatic rings. The van der Waals surface area contributed by atoms with Gasteiger partial charge in [0, 0.05) is 5.02 Å². The lowest BCUT2D eigenvalue weighted by Gasteiger charge is -2.18. The van der Waals surface area contributed by atoms with Gasteiger partial charge in [-0.15, -0.1) is 0 Å². The zero-order chi connectivity index (χ0) is 15.0. The molecule has 0 spiro atoms. The first kappa shape index (κ1) is 17.1. The largest absolute Gasteiger partial charge is 0.477 e. The van der Waals surface area contributed by atoms with Gasteiger partial charge < -0.3 is 9.47 Å². The summed E-state index contributed by atoms with van der Waals surface area (Å²) in [7, 11) is 0. The molecule has 1 unspecified atom stereocenters. The van der Waals surface area contributed by atoms with Crippen LogP contribution in [0.15, 0.2) is 18.2 Å². The van der Waals surface area contributed by atoms with Gasteiger partial charge in [0.15, 0.2) is 6.10 Å². The van der Waals surface area contributed by atoms with E-state index in [-0.39, 0.29) is 5.97 Å². The molecule has 0 aliphatic carbocycles. The highest BCUT2D eigenvalue weighted by Gasteiger charge is 2.22. The van der Waals surface area contributed by atoms with Crippen LogP contribution in [0.5, 0.6) is 5.75 Å². The SMILES string of the molecule is CCCCCC(Oc1ccc(Cl)cc1Cl)C(=O)OCC. The number of carbonyl (C=O) groups excluding carboxylic acids is 1. The van der Waals surface area contributed by atoms with E-state index in [1.807, 2.05) is 0 Å². The van der Waals surface area contributed by atoms with Crippen LogP contribution in [0.2, 0.25) is 10.0 Å². The molecule has 0 fully saturated rings. The van der Waals surface area contributed by atoms with Crippen molar-refractivity contribution < 1.29 is 14.3 Å². The molecule has 1 atom stereocenters. The Morgan fingerprint density at radius 1 is 1.25 bits per heavy atom. The van der Waals surface area contributed by atoms with Crippen molar-refractivity contribution in [2.75, 3.05) is 6.61 Å². The minimum atomic E-state index is -0.625. The summed E-state index contributed by atoms with van der Waals surface area (Å²) in [5.41, 5.74) is 0. The van der Waals surface area contributed by atoms with Crippen molar-refractivity contribution in [2.24, 2.45) is 0 Å². The Bertz CT molecular complexity index is 435. The number of benzene rings is 1. The average Bonchev–Trinajstić information content (AvgIpc) is 2.40. The lowest BCUT2D eigenvalue weighted by atomic mass is 10.1. The van der Waals surface area contributed by atoms with E-state index >= 15 is 0 Å². The molecule has 3 nitrogen and oxygen atoms in total. The molecule has 0 amide bonds. The molecule has 0 aliphatic heterocycles. The maximum absolute atomic E-state index is 11.9. The number of hydrogen-bond donors (Lipinski definition) is 0. The van der Waals surface area contributed by atoms with Gasteiger partial charge in [-0.2, -0.15) is 0 Å². The van der Waals surface area contributed by atoms with Crippen molar-refractivity contribution in [3.63, 3.8) is 0 Å². The molecule has 1 aromatic rings. The molecule has 0 saturated heterocycles. The first-order chi connectivity index (χ1) is 9.58. The molecule has 5 heteroatoms. The van der Waals surface area contributed by atoms with Gasteiger partial charge in [-0.3, -0.25) is 0 Å². The zero-order valence-corrected chi connectivity index (χ0v) is 13.3. The highest BCUT2D eigenvalue weighted by atomic mass is 35.5. The van der Waals surface area contributed by atoms with Crippen LogP contribution in [-0.2, 0) is 9.53 Å². The number of rotatable bonds is 8. The molecule has 112 valence electrons. The Hall–Kier alpha value is -0.930. The second-order valence-electron chi connectivity index (χ2n) is 4.43. The van der Waals surface area contributed by atoms with Gasteiger partial charge in [-0.25, -0.2) is 4.79 Å². The number of ether oxygens (including phenoxy) is 2. The van der Waals surface area contributed by atoms with E-state index in [0.29, 0.717) is 28.8 Å². The van der Waals surface area contributed by atoms with Crippen LogP contribution in [0.4, 0.5) is 0 Å². The molecular weight excluding hydrogens is 299 g/mol. The van der Waals surface area contributed by atoms with E-state index in [4.69, 9.17) is 32.7 Å². The highest BCUT2D eigenvalue weighted by molar-refractivity contribution is 6.35. The van der Waals surface area contributed by atoms with Crippen LogP contribution in [0.1, 0.15) is 39.5 Å². The van der Waals surface area contributed by atoms with E-state index in [2.05, 4.69) is 6.92 Å². The smallest absolute Gasteiger partial charge is 0.347 e. The van der Waals surface area contributed by atoms with Crippen molar-refractivity contribution in [1.82, 2.24) is 0 Å². The fourth-order valence-electron chi connectivity index (χ4n) is 1.76. The Morgan fingerprint density at radius 3 is 2.60 bits per heavy atom. The number of esters is 1. The fourth-order valence-corrected chi connectivity index (χ4v) is 2.22. The van der Waals surface area contributed by atoms with Crippen LogP contribution >= 0.6 is 23.2 Å². The van der Waals surface area contributed by atoms with Crippen molar-refractivity contribution in [1.29, 1.82) is 0 Å². The summed E-state index contributed by atoms with van der Waals surface area (Å²) in [6.07, 6.45) is 3.03. The predicted octanol–water partition coefficient (Wildman–Crippen LogP) is 4.88. The van der Waals surface area contributed by atoms with E-state index in [0.717, 1.165) is 19.3 Å². The van der Waals surface area contributed by atoms with Crippen molar-refractivity contribution >= 4 is 29.2 Å². The second-order valence-corrected chi connectivity index (χ2v) is 5.27. The Balaban J connectivity index is 2.74. The maximum atomic E-state index is 11.9. The molecule has 0 radical (unpaired) electrons. The summed E-state index contributed by atoms with van der Waals surface area (Å²) in [4.78, 5) is 11.9. The quantitative estimate of drug-likeness (QED) is 0.506. The van der Waals surface area contributed by atoms with Crippen LogP contribution in [0.25, 0.3) is 0 Å². The first-order valence-electron chi connectivity index (χ1n) is 6.86. The number of unbranched alkanes of at least 4 members (excludes halogenated alkanes) is 2. The third-order valence-corrected chi connectivity index (χ3v) is 3.31. The summed E-state index contributed by atoms with van der Waals surface area (Å²) in [6.45, 7) is 4.22. The van der Waals surface area contributed by atoms with E-state index in [1.165, 1.54) is 0 Å². The van der Waals surface area contributed by atoms with Crippen molar-refractivity contribution in [2.45, 2.75) is 45.6 Å². The Labute approximate surface area is 130 Å². The number of halogens is 2. The topological polar surface area (TPSA) is 35.5 Å². The molecule has 0 aromatic heterocycles. The number of carbonyl (C=O) groups is 1. The van der Waals surface area contributed by atoms with Gasteiger partial charge in [0.05, 0.1) is 11.6 Å². The second kappa shape index (κ2) is 9.09. The summed E-state index contributed by atoms with van der Waals surface area (Å²) in [6, 6.07) is 4.93. The van der Waals surface area contributed by atoms with Gasteiger partial charge in [0.1, 0.15) is 5.75 Å². The Morgan fingerprint density at radius 2 is 2.00 bits per heavy atom. The third-order valence-electron chi connectivity index (χ3n) is 2.78. The van der Waals surface area contributed by atoms with Gasteiger partial charge in [-0.1, -0.05) is 43.0 Å². The Kier molecular flexibility index (Phi) is 7.78. The average molecular weight is 319 g/mol. The monoisotopic (exact) mass is 318 g/mol. The molecule has 1 rings (SSSR count). The first-order valence-corrected chi connectivity index (χ1v) is 7.62. The van der Waals surface area contributed by atoms with E-state index in [9.17, 15) is 4.79 Å². The van der Waals surface area contributed by atoms with E-state index < -0.39 is 6.10 Å². The van der Waals surface area contributed by atoms with Crippen molar-refractivity contribution in [3.8, 4) is 5.75 Å². The van der Waals surface area contributed by atoms with Gasteiger partial charge in [0.25, 0.3) is 0 Å². The fraction of sp³-hybridized carbons (Fsp3) is 0.533. The normalized spacial score (nSPS) is 12.0. The molecule has 0 N–H and O–H groups in total. The van der Waals surface area contributed by atoms with Crippen molar-refractivity contribution in [3.05, 3.63) is 28.2 Å². The van der Waals surface area contributed by atoms with Crippen LogP contribution in [-0.4, -0.2) is 18.7 Å². The molecule has 20 heavy (non-hydrogen) atoms. The summed E-state index contributed by atoms with van der Waals surface area (Å²) in [5, 5.41) is 0.920. The number of hydrogen-bond acceptors (Lipinski definition) is 3. The third kappa shape index (κ3) is 5.59. The van der Waals surface area contributed by atoms with Crippen LogP contribution in [0, 0.1) is 0 Å². The van der Waals surface area contributed by atoms with Gasteiger partial charge in [-0.05, 0) is 38.0 Å².